The third kappa shape index (κ3) is 2.85. The highest BCUT2D eigenvalue weighted by molar-refractivity contribution is 7.15. The summed E-state index contributed by atoms with van der Waals surface area (Å²) in [5, 5.41) is 19.5. The van der Waals surface area contributed by atoms with E-state index in [4.69, 9.17) is 4.99 Å². The average molecular weight is 414 g/mol. The van der Waals surface area contributed by atoms with Crippen molar-refractivity contribution in [1.29, 1.82) is 0 Å². The van der Waals surface area contributed by atoms with Crippen LogP contribution in [0, 0.1) is 18.6 Å². The number of hydrogen-bond acceptors (Lipinski definition) is 5. The predicted octanol–water partition coefficient (Wildman–Crippen LogP) is 4.07. The summed E-state index contributed by atoms with van der Waals surface area (Å²) in [5.74, 6) is 0.108. The Labute approximate surface area is 170 Å². The van der Waals surface area contributed by atoms with Crippen molar-refractivity contribution < 1.29 is 13.9 Å². The Morgan fingerprint density at radius 3 is 2.59 bits per heavy atom. The Morgan fingerprint density at radius 1 is 1.10 bits per heavy atom. The van der Waals surface area contributed by atoms with Gasteiger partial charge in [0.15, 0.2) is 5.82 Å². The number of rotatable bonds is 1. The van der Waals surface area contributed by atoms with Crippen molar-refractivity contribution in [2.24, 2.45) is 4.99 Å². The first-order chi connectivity index (χ1) is 14.0. The van der Waals surface area contributed by atoms with Crippen LogP contribution in [0.15, 0.2) is 23.2 Å². The molecule has 1 aliphatic heterocycles. The van der Waals surface area contributed by atoms with E-state index in [-0.39, 0.29) is 11.7 Å². The van der Waals surface area contributed by atoms with Gasteiger partial charge in [-0.25, -0.2) is 8.78 Å². The van der Waals surface area contributed by atoms with Gasteiger partial charge >= 0.3 is 0 Å². The van der Waals surface area contributed by atoms with Gasteiger partial charge in [0.1, 0.15) is 28.5 Å². The largest absolute Gasteiger partial charge is 0.393 e. The number of halogens is 2. The van der Waals surface area contributed by atoms with E-state index in [1.54, 1.807) is 11.3 Å². The summed E-state index contributed by atoms with van der Waals surface area (Å²) in [6, 6.07) is 3.48. The van der Waals surface area contributed by atoms with Gasteiger partial charge in [0.05, 0.1) is 17.4 Å². The van der Waals surface area contributed by atoms with Crippen LogP contribution in [0.25, 0.3) is 5.00 Å². The molecular weight excluding hydrogens is 394 g/mol. The highest BCUT2D eigenvalue weighted by Gasteiger charge is 2.34. The molecule has 0 fully saturated rings. The van der Waals surface area contributed by atoms with Gasteiger partial charge in [-0.1, -0.05) is 6.07 Å². The smallest absolute Gasteiger partial charge is 0.162 e. The van der Waals surface area contributed by atoms with Crippen LogP contribution < -0.4 is 0 Å². The molecule has 5 nitrogen and oxygen atoms in total. The fourth-order valence-corrected chi connectivity index (χ4v) is 5.67. The number of aliphatic hydroxyl groups excluding tert-OH is 1. The van der Waals surface area contributed by atoms with Crippen molar-refractivity contribution in [1.82, 2.24) is 14.8 Å². The molecule has 0 bridgehead atoms. The normalized spacial score (nSPS) is 20.9. The van der Waals surface area contributed by atoms with Gasteiger partial charge < -0.3 is 5.11 Å². The van der Waals surface area contributed by atoms with Gasteiger partial charge in [-0.05, 0) is 57.2 Å². The Hall–Kier alpha value is -2.45. The second-order valence-electron chi connectivity index (χ2n) is 7.61. The van der Waals surface area contributed by atoms with E-state index in [1.807, 2.05) is 18.4 Å². The van der Waals surface area contributed by atoms with E-state index in [9.17, 15) is 13.9 Å². The van der Waals surface area contributed by atoms with Gasteiger partial charge in [-0.2, -0.15) is 0 Å². The van der Waals surface area contributed by atoms with Crippen LogP contribution in [0.5, 0.6) is 0 Å². The lowest BCUT2D eigenvalue weighted by molar-refractivity contribution is 0.158. The van der Waals surface area contributed by atoms with E-state index in [0.29, 0.717) is 30.8 Å². The Kier molecular flexibility index (Phi) is 4.36. The molecule has 0 saturated heterocycles. The number of nitrogens with zero attached hydrogens (tertiary/aromatic N) is 4. The van der Waals surface area contributed by atoms with Gasteiger partial charge in [-0.15, -0.1) is 21.5 Å². The first-order valence-electron chi connectivity index (χ1n) is 9.73. The molecule has 8 heteroatoms. The molecule has 2 atom stereocenters. The summed E-state index contributed by atoms with van der Waals surface area (Å²) in [6.45, 7) is 3.73. The number of aromatic nitrogens is 3. The van der Waals surface area contributed by atoms with Crippen LogP contribution in [-0.2, 0) is 12.8 Å². The Balaban J connectivity index is 1.84. The quantitative estimate of drug-likeness (QED) is 0.611. The lowest BCUT2D eigenvalue weighted by Gasteiger charge is -2.13. The first kappa shape index (κ1) is 18.6. The zero-order valence-corrected chi connectivity index (χ0v) is 16.9. The molecule has 2 aliphatic rings. The monoisotopic (exact) mass is 414 g/mol. The Morgan fingerprint density at radius 2 is 1.83 bits per heavy atom. The minimum Gasteiger partial charge on any atom is -0.393 e. The summed E-state index contributed by atoms with van der Waals surface area (Å²) < 4.78 is 31.6. The molecule has 2 aromatic heterocycles. The van der Waals surface area contributed by atoms with Crippen LogP contribution in [0.1, 0.15) is 59.0 Å². The maximum Gasteiger partial charge on any atom is 0.162 e. The van der Waals surface area contributed by atoms with E-state index in [0.717, 1.165) is 33.3 Å². The molecule has 1 aromatic carbocycles. The summed E-state index contributed by atoms with van der Waals surface area (Å²) >= 11 is 1.59. The molecule has 3 aromatic rings. The van der Waals surface area contributed by atoms with Crippen molar-refractivity contribution in [2.75, 3.05) is 0 Å². The molecule has 0 saturated carbocycles. The van der Waals surface area contributed by atoms with Crippen molar-refractivity contribution in [3.63, 3.8) is 0 Å². The highest BCUT2D eigenvalue weighted by atomic mass is 32.1. The van der Waals surface area contributed by atoms with Gasteiger partial charge in [0.2, 0.25) is 0 Å². The molecule has 150 valence electrons. The van der Waals surface area contributed by atoms with Crippen molar-refractivity contribution in [3.8, 4) is 5.00 Å². The number of aliphatic hydroxyl groups is 1. The van der Waals surface area contributed by atoms with E-state index in [2.05, 4.69) is 10.2 Å². The topological polar surface area (TPSA) is 63.3 Å². The molecule has 1 aliphatic carbocycles. The summed E-state index contributed by atoms with van der Waals surface area (Å²) in [4.78, 5) is 5.88. The van der Waals surface area contributed by atoms with Crippen LogP contribution in [0.2, 0.25) is 0 Å². The molecule has 1 N–H and O–H groups in total. The number of hydrogen-bond donors (Lipinski definition) is 1. The second-order valence-corrected chi connectivity index (χ2v) is 8.69. The van der Waals surface area contributed by atoms with Crippen molar-refractivity contribution >= 4 is 17.0 Å². The molecule has 0 radical (unpaired) electrons. The lowest BCUT2D eigenvalue weighted by Crippen LogP contribution is -2.13. The summed E-state index contributed by atoms with van der Waals surface area (Å²) in [7, 11) is 0. The van der Waals surface area contributed by atoms with Crippen LogP contribution in [0.3, 0.4) is 0 Å². The average Bonchev–Trinajstić information content (AvgIpc) is 3.14. The maximum absolute atomic E-state index is 14.8. The molecular formula is C21H20F2N4OS. The number of benzene rings is 1. The minimum absolute atomic E-state index is 0.109. The van der Waals surface area contributed by atoms with Crippen molar-refractivity contribution in [3.05, 3.63) is 63.0 Å². The number of fused-ring (bicyclic) bond motifs is 5. The molecule has 0 amide bonds. The SMILES string of the molecule is Cc1nnc2n1-c1sc3c(c1C(c1c(F)cccc1F)=N[C@H]2C)CC[C@@H](O)CC3. The molecule has 5 rings (SSSR count). The summed E-state index contributed by atoms with van der Waals surface area (Å²) in [6.07, 6.45) is 2.30. The van der Waals surface area contributed by atoms with Gasteiger partial charge in [0, 0.05) is 10.4 Å². The first-order valence-corrected chi connectivity index (χ1v) is 10.5. The van der Waals surface area contributed by atoms with Crippen LogP contribution >= 0.6 is 11.3 Å². The molecule has 3 heterocycles. The third-order valence-corrected chi connectivity index (χ3v) is 6.97. The zero-order chi connectivity index (χ0) is 20.3. The fraction of sp³-hybridized carbons (Fsp3) is 0.381. The highest BCUT2D eigenvalue weighted by Crippen LogP contribution is 2.42. The van der Waals surface area contributed by atoms with E-state index < -0.39 is 17.7 Å². The minimum atomic E-state index is -0.634. The number of aryl methyl sites for hydroxylation is 2. The predicted molar refractivity (Wildman–Crippen MR) is 107 cm³/mol. The van der Waals surface area contributed by atoms with Gasteiger partial charge in [-0.3, -0.25) is 9.56 Å². The lowest BCUT2D eigenvalue weighted by atomic mass is 9.95. The van der Waals surface area contributed by atoms with Gasteiger partial charge in [0.25, 0.3) is 0 Å². The molecule has 29 heavy (non-hydrogen) atoms. The second kappa shape index (κ2) is 6.81. The Bertz CT molecular complexity index is 1130. The van der Waals surface area contributed by atoms with Crippen LogP contribution in [-0.4, -0.2) is 31.7 Å². The van der Waals surface area contributed by atoms with E-state index in [1.165, 1.54) is 18.2 Å². The molecule has 0 unspecified atom stereocenters. The maximum atomic E-state index is 14.8. The summed E-state index contributed by atoms with van der Waals surface area (Å²) in [5.41, 5.74) is 1.98. The van der Waals surface area contributed by atoms with E-state index >= 15 is 0 Å². The van der Waals surface area contributed by atoms with Crippen molar-refractivity contribution in [2.45, 2.75) is 51.7 Å². The zero-order valence-electron chi connectivity index (χ0n) is 16.1. The third-order valence-electron chi connectivity index (χ3n) is 5.69. The van der Waals surface area contributed by atoms with Crippen LogP contribution in [0.4, 0.5) is 8.78 Å². The number of thiophene rings is 1. The standard InChI is InChI=1S/C21H20F2N4OS/c1-10-20-26-25-11(2)27(20)21-17(13-8-6-12(28)7-9-16(13)29-21)19(24-10)18-14(22)4-3-5-15(18)23/h3-5,10,12,28H,6-9H2,1-2H3/t10-,12+/m0/s1. The fourth-order valence-electron chi connectivity index (χ4n) is 4.25. The molecule has 0 spiro atoms. The number of aliphatic imine (C=N–C) groups is 1.